The molecule has 0 aliphatic carbocycles. The first-order valence-electron chi connectivity index (χ1n) is 9.56. The summed E-state index contributed by atoms with van der Waals surface area (Å²) in [6, 6.07) is 16.9. The molecule has 158 valence electrons. The molecule has 3 aromatic rings. The molecule has 1 heterocycles. The lowest BCUT2D eigenvalue weighted by molar-refractivity contribution is -0.157. The Hall–Kier alpha value is -3.16. The van der Waals surface area contributed by atoms with Crippen molar-refractivity contribution in [1.29, 1.82) is 0 Å². The van der Waals surface area contributed by atoms with Gasteiger partial charge in [0.2, 0.25) is 5.89 Å². The highest BCUT2D eigenvalue weighted by Crippen LogP contribution is 2.26. The number of aromatic nitrogens is 1. The first kappa shape index (κ1) is 21.5. The van der Waals surface area contributed by atoms with E-state index in [1.54, 1.807) is 24.3 Å². The minimum absolute atomic E-state index is 0.435. The number of carbonyl (C=O) groups is 1. The highest BCUT2D eigenvalue weighted by Gasteiger charge is 2.29. The number of benzene rings is 2. The Morgan fingerprint density at radius 2 is 1.77 bits per heavy atom. The summed E-state index contributed by atoms with van der Waals surface area (Å²) in [6.45, 7) is 2.33. The number of rotatable bonds is 10. The molecule has 7 nitrogen and oxygen atoms in total. The van der Waals surface area contributed by atoms with Crippen LogP contribution in [0.1, 0.15) is 23.1 Å². The van der Waals surface area contributed by atoms with Gasteiger partial charge in [-0.05, 0) is 36.8 Å². The molecule has 0 fully saturated rings. The summed E-state index contributed by atoms with van der Waals surface area (Å²) in [4.78, 5) is 15.9. The average Bonchev–Trinajstić information content (AvgIpc) is 3.13. The molecule has 0 saturated heterocycles. The van der Waals surface area contributed by atoms with Gasteiger partial charge in [-0.1, -0.05) is 30.3 Å². The molecule has 1 aromatic heterocycles. The molecule has 0 amide bonds. The zero-order chi connectivity index (χ0) is 21.5. The minimum Gasteiger partial charge on any atom is -0.493 e. The fourth-order valence-corrected chi connectivity index (χ4v) is 3.17. The van der Waals surface area contributed by atoms with Gasteiger partial charge in [-0.3, -0.25) is 0 Å². The van der Waals surface area contributed by atoms with Crippen molar-refractivity contribution in [3.05, 3.63) is 71.6 Å². The van der Waals surface area contributed by atoms with Crippen LogP contribution < -0.4 is 4.74 Å². The molecule has 2 atom stereocenters. The van der Waals surface area contributed by atoms with E-state index in [-0.39, 0.29) is 0 Å². The van der Waals surface area contributed by atoms with Gasteiger partial charge < -0.3 is 23.7 Å². The van der Waals surface area contributed by atoms with Crippen LogP contribution in [0.2, 0.25) is 0 Å². The molecule has 1 N–H and O–H groups in total. The largest absolute Gasteiger partial charge is 0.493 e. The summed E-state index contributed by atoms with van der Waals surface area (Å²) >= 11 is 0. The fourth-order valence-electron chi connectivity index (χ4n) is 3.17. The van der Waals surface area contributed by atoms with Crippen molar-refractivity contribution in [3.63, 3.8) is 0 Å². The first-order valence-corrected chi connectivity index (χ1v) is 9.56. The lowest BCUT2D eigenvalue weighted by Gasteiger charge is -2.22. The van der Waals surface area contributed by atoms with Gasteiger partial charge in [0.25, 0.3) is 0 Å². The van der Waals surface area contributed by atoms with Crippen molar-refractivity contribution in [2.45, 2.75) is 25.6 Å². The van der Waals surface area contributed by atoms with Gasteiger partial charge in [-0.25, -0.2) is 9.78 Å². The van der Waals surface area contributed by atoms with Gasteiger partial charge >= 0.3 is 5.97 Å². The van der Waals surface area contributed by atoms with E-state index in [1.165, 1.54) is 14.2 Å². The minimum atomic E-state index is -1.09. The maximum absolute atomic E-state index is 11.3. The molecule has 2 unspecified atom stereocenters. The molecule has 2 aromatic carbocycles. The number of methoxy groups -OCH3 is 2. The highest BCUT2D eigenvalue weighted by molar-refractivity contribution is 5.73. The monoisotopic (exact) mass is 411 g/mol. The second kappa shape index (κ2) is 10.0. The van der Waals surface area contributed by atoms with Gasteiger partial charge in [-0.15, -0.1) is 0 Å². The predicted molar refractivity (Wildman–Crippen MR) is 110 cm³/mol. The van der Waals surface area contributed by atoms with Crippen molar-refractivity contribution < 1.29 is 28.5 Å². The van der Waals surface area contributed by atoms with E-state index >= 15 is 0 Å². The molecule has 0 saturated carbocycles. The maximum Gasteiger partial charge on any atom is 0.335 e. The van der Waals surface area contributed by atoms with Gasteiger partial charge in [-0.2, -0.15) is 0 Å². The predicted octanol–water partition coefficient (Wildman–Crippen LogP) is 4.06. The highest BCUT2D eigenvalue weighted by atomic mass is 16.5. The maximum atomic E-state index is 11.3. The number of nitrogens with zero attached hydrogens (tertiary/aromatic N) is 1. The number of oxazole rings is 1. The fraction of sp³-hybridized carbons (Fsp3) is 0.304. The van der Waals surface area contributed by atoms with Crippen LogP contribution in [0.15, 0.2) is 59.0 Å². The molecule has 0 aliphatic heterocycles. The van der Waals surface area contributed by atoms with Crippen molar-refractivity contribution in [1.82, 2.24) is 4.98 Å². The van der Waals surface area contributed by atoms with Gasteiger partial charge in [0, 0.05) is 26.2 Å². The van der Waals surface area contributed by atoms with Crippen LogP contribution >= 0.6 is 0 Å². The summed E-state index contributed by atoms with van der Waals surface area (Å²) < 4.78 is 21.9. The summed E-state index contributed by atoms with van der Waals surface area (Å²) in [5.74, 6) is 0.962. The third kappa shape index (κ3) is 5.06. The topological polar surface area (TPSA) is 91.0 Å². The lowest BCUT2D eigenvalue weighted by Crippen LogP contribution is -2.31. The molecule has 0 spiro atoms. The molecular weight excluding hydrogens is 386 g/mol. The van der Waals surface area contributed by atoms with Crippen molar-refractivity contribution in [3.8, 4) is 17.2 Å². The van der Waals surface area contributed by atoms with E-state index in [4.69, 9.17) is 18.6 Å². The summed E-state index contributed by atoms with van der Waals surface area (Å²) in [5, 5.41) is 9.27. The van der Waals surface area contributed by atoms with Gasteiger partial charge in [0.15, 0.2) is 6.10 Å². The Morgan fingerprint density at radius 1 is 1.07 bits per heavy atom. The van der Waals surface area contributed by atoms with Crippen molar-refractivity contribution in [2.75, 3.05) is 20.8 Å². The average molecular weight is 411 g/mol. The van der Waals surface area contributed by atoms with Crippen LogP contribution in [0.5, 0.6) is 5.75 Å². The molecule has 3 rings (SSSR count). The van der Waals surface area contributed by atoms with E-state index in [1.807, 2.05) is 37.3 Å². The van der Waals surface area contributed by atoms with E-state index in [2.05, 4.69) is 4.98 Å². The van der Waals surface area contributed by atoms with Crippen LogP contribution in [0.3, 0.4) is 0 Å². The SMILES string of the molecule is COC(C(=O)O)C(OC)c1ccc(OCCc2nc(-c3ccccc3)oc2C)cc1. The Balaban J connectivity index is 1.59. The van der Waals surface area contributed by atoms with Crippen molar-refractivity contribution in [2.24, 2.45) is 0 Å². The van der Waals surface area contributed by atoms with E-state index < -0.39 is 18.2 Å². The standard InChI is InChI=1S/C23H25NO6/c1-15-19(24-22(30-15)17-7-5-4-6-8-17)13-14-29-18-11-9-16(10-12-18)20(27-2)21(28-3)23(25)26/h4-12,20-21H,13-14H2,1-3H3,(H,25,26). The lowest BCUT2D eigenvalue weighted by atomic mass is 10.0. The third-order valence-corrected chi connectivity index (χ3v) is 4.76. The number of hydrogen-bond donors (Lipinski definition) is 1. The van der Waals surface area contributed by atoms with Crippen LogP contribution in [0.25, 0.3) is 11.5 Å². The van der Waals surface area contributed by atoms with Crippen LogP contribution in [-0.2, 0) is 20.7 Å². The molecule has 0 aliphatic rings. The Labute approximate surface area is 175 Å². The number of hydrogen-bond acceptors (Lipinski definition) is 6. The van der Waals surface area contributed by atoms with E-state index in [9.17, 15) is 9.90 Å². The first-order chi connectivity index (χ1) is 14.5. The number of ether oxygens (including phenoxy) is 3. The van der Waals surface area contributed by atoms with E-state index in [0.29, 0.717) is 30.2 Å². The second-order valence-corrected chi connectivity index (χ2v) is 6.71. The Bertz CT molecular complexity index is 952. The van der Waals surface area contributed by atoms with Crippen molar-refractivity contribution >= 4 is 5.97 Å². The third-order valence-electron chi connectivity index (χ3n) is 4.76. The quantitative estimate of drug-likeness (QED) is 0.538. The molecule has 0 bridgehead atoms. The Morgan fingerprint density at radius 3 is 2.37 bits per heavy atom. The molecule has 7 heteroatoms. The number of carboxylic acid groups (broad SMARTS) is 1. The number of aryl methyl sites for hydroxylation is 1. The number of aliphatic carboxylic acids is 1. The summed E-state index contributed by atoms with van der Waals surface area (Å²) in [7, 11) is 2.80. The summed E-state index contributed by atoms with van der Waals surface area (Å²) in [5.41, 5.74) is 2.49. The van der Waals surface area contributed by atoms with Crippen LogP contribution in [-0.4, -0.2) is 43.0 Å². The zero-order valence-corrected chi connectivity index (χ0v) is 17.2. The number of carboxylic acids is 1. The molecule has 30 heavy (non-hydrogen) atoms. The normalized spacial score (nSPS) is 13.0. The second-order valence-electron chi connectivity index (χ2n) is 6.71. The van der Waals surface area contributed by atoms with E-state index in [0.717, 1.165) is 17.0 Å². The smallest absolute Gasteiger partial charge is 0.335 e. The molecule has 0 radical (unpaired) electrons. The zero-order valence-electron chi connectivity index (χ0n) is 17.2. The van der Waals surface area contributed by atoms with Crippen LogP contribution in [0.4, 0.5) is 0 Å². The van der Waals surface area contributed by atoms with Gasteiger partial charge in [0.05, 0.1) is 12.3 Å². The molecular formula is C23H25NO6. The Kier molecular flexibility index (Phi) is 7.21. The van der Waals surface area contributed by atoms with Gasteiger partial charge in [0.1, 0.15) is 17.6 Å². The van der Waals surface area contributed by atoms with Crippen LogP contribution in [0, 0.1) is 6.92 Å². The summed E-state index contributed by atoms with van der Waals surface area (Å²) in [6.07, 6.45) is -1.19.